The van der Waals surface area contributed by atoms with Gasteiger partial charge in [0.15, 0.2) is 0 Å². The van der Waals surface area contributed by atoms with Gasteiger partial charge in [-0.2, -0.15) is 0 Å². The number of nitrogen functional groups attached to an aromatic ring is 1. The lowest BCUT2D eigenvalue weighted by atomic mass is 9.98. The minimum absolute atomic E-state index is 0.850. The Balaban J connectivity index is 1.76. The molecule has 0 saturated carbocycles. The monoisotopic (exact) mass is 288 g/mol. The summed E-state index contributed by atoms with van der Waals surface area (Å²) in [6.45, 7) is 9.12. The maximum Gasteiger partial charge on any atom is 0.0620 e. The zero-order valence-electron chi connectivity index (χ0n) is 13.4. The zero-order chi connectivity index (χ0) is 14.8. The molecule has 4 heteroatoms. The Labute approximate surface area is 128 Å². The topological polar surface area (TPSA) is 35.7 Å². The lowest BCUT2D eigenvalue weighted by Crippen LogP contribution is -2.44. The van der Waals surface area contributed by atoms with Gasteiger partial charge in [0.05, 0.1) is 11.4 Å². The highest BCUT2D eigenvalue weighted by Crippen LogP contribution is 2.32. The van der Waals surface area contributed by atoms with Gasteiger partial charge < -0.3 is 20.4 Å². The van der Waals surface area contributed by atoms with Crippen molar-refractivity contribution in [2.24, 2.45) is 5.92 Å². The predicted molar refractivity (Wildman–Crippen MR) is 91.2 cm³/mol. The number of nitrogens with zero attached hydrogens (tertiary/aromatic N) is 3. The Morgan fingerprint density at radius 1 is 0.952 bits per heavy atom. The maximum atomic E-state index is 6.24. The first-order valence-corrected chi connectivity index (χ1v) is 8.21. The van der Waals surface area contributed by atoms with Gasteiger partial charge in [-0.1, -0.05) is 6.92 Å². The molecule has 2 aliphatic rings. The molecule has 2 heterocycles. The highest BCUT2D eigenvalue weighted by atomic mass is 15.2. The van der Waals surface area contributed by atoms with Gasteiger partial charge in [0.1, 0.15) is 0 Å². The smallest absolute Gasteiger partial charge is 0.0620 e. The molecular weight excluding hydrogens is 260 g/mol. The minimum Gasteiger partial charge on any atom is -0.397 e. The molecule has 2 aliphatic heterocycles. The first-order valence-electron chi connectivity index (χ1n) is 8.21. The van der Waals surface area contributed by atoms with Gasteiger partial charge in [-0.15, -0.1) is 0 Å². The largest absolute Gasteiger partial charge is 0.397 e. The van der Waals surface area contributed by atoms with Gasteiger partial charge >= 0.3 is 0 Å². The van der Waals surface area contributed by atoms with Crippen LogP contribution in [-0.2, 0) is 0 Å². The number of anilines is 3. The van der Waals surface area contributed by atoms with Gasteiger partial charge in [-0.25, -0.2) is 0 Å². The maximum absolute atomic E-state index is 6.24. The zero-order valence-corrected chi connectivity index (χ0v) is 13.4. The molecule has 0 amide bonds. The summed E-state index contributed by atoms with van der Waals surface area (Å²) >= 11 is 0. The van der Waals surface area contributed by atoms with E-state index in [1.54, 1.807) is 0 Å². The van der Waals surface area contributed by atoms with Gasteiger partial charge in [0.25, 0.3) is 0 Å². The van der Waals surface area contributed by atoms with Gasteiger partial charge in [-0.05, 0) is 44.0 Å². The number of hydrogen-bond acceptors (Lipinski definition) is 4. The summed E-state index contributed by atoms with van der Waals surface area (Å²) in [6, 6.07) is 6.56. The standard InChI is InChI=1S/C17H28N4/c1-14-5-7-21(8-6-14)17-13-15(3-4-16(17)18)20-11-9-19(2)10-12-20/h3-4,13-14H,5-12,18H2,1-2H3. The molecule has 1 aromatic rings. The summed E-state index contributed by atoms with van der Waals surface area (Å²) < 4.78 is 0. The Bertz CT molecular complexity index is 472. The van der Waals surface area contributed by atoms with Crippen molar-refractivity contribution in [3.63, 3.8) is 0 Å². The fraction of sp³-hybridized carbons (Fsp3) is 0.647. The molecule has 2 saturated heterocycles. The van der Waals surface area contributed by atoms with Crippen LogP contribution in [0.25, 0.3) is 0 Å². The predicted octanol–water partition coefficient (Wildman–Crippen LogP) is 2.26. The van der Waals surface area contributed by atoms with Crippen LogP contribution in [0.3, 0.4) is 0 Å². The highest BCUT2D eigenvalue weighted by Gasteiger charge is 2.20. The van der Waals surface area contributed by atoms with E-state index in [4.69, 9.17) is 5.73 Å². The number of nitrogens with two attached hydrogens (primary N) is 1. The quantitative estimate of drug-likeness (QED) is 0.847. The molecule has 0 bridgehead atoms. The molecular formula is C17H28N4. The number of rotatable bonds is 2. The van der Waals surface area contributed by atoms with Crippen molar-refractivity contribution in [2.75, 3.05) is 61.8 Å². The van der Waals surface area contributed by atoms with Gasteiger partial charge in [-0.3, -0.25) is 0 Å². The Kier molecular flexibility index (Phi) is 4.24. The second-order valence-corrected chi connectivity index (χ2v) is 6.70. The average Bonchev–Trinajstić information content (AvgIpc) is 2.50. The van der Waals surface area contributed by atoms with E-state index in [0.29, 0.717) is 0 Å². The molecule has 0 radical (unpaired) electrons. The summed E-state index contributed by atoms with van der Waals surface area (Å²) in [7, 11) is 2.20. The van der Waals surface area contributed by atoms with Crippen molar-refractivity contribution >= 4 is 17.1 Å². The number of hydrogen-bond donors (Lipinski definition) is 1. The van der Waals surface area contributed by atoms with Crippen LogP contribution in [0.2, 0.25) is 0 Å². The molecule has 0 unspecified atom stereocenters. The van der Waals surface area contributed by atoms with Crippen LogP contribution >= 0.6 is 0 Å². The minimum atomic E-state index is 0.850. The van der Waals surface area contributed by atoms with Crippen LogP contribution in [0, 0.1) is 5.92 Å². The molecule has 1 aromatic carbocycles. The van der Waals surface area contributed by atoms with Crippen LogP contribution < -0.4 is 15.5 Å². The Morgan fingerprint density at radius 2 is 1.62 bits per heavy atom. The molecule has 2 N–H and O–H groups in total. The lowest BCUT2D eigenvalue weighted by molar-refractivity contribution is 0.313. The summed E-state index contributed by atoms with van der Waals surface area (Å²) in [5, 5.41) is 0. The normalized spacial score (nSPS) is 21.8. The van der Waals surface area contributed by atoms with Crippen LogP contribution in [0.1, 0.15) is 19.8 Å². The molecule has 0 aromatic heterocycles. The third kappa shape index (κ3) is 3.26. The summed E-state index contributed by atoms with van der Waals surface area (Å²) in [5.41, 5.74) is 9.72. The summed E-state index contributed by atoms with van der Waals surface area (Å²) in [6.07, 6.45) is 2.55. The fourth-order valence-corrected chi connectivity index (χ4v) is 3.32. The van der Waals surface area contributed by atoms with E-state index in [-0.39, 0.29) is 0 Å². The van der Waals surface area contributed by atoms with Crippen molar-refractivity contribution in [1.82, 2.24) is 4.90 Å². The third-order valence-corrected chi connectivity index (χ3v) is 5.01. The van der Waals surface area contributed by atoms with Gasteiger partial charge in [0, 0.05) is 45.0 Å². The molecule has 3 rings (SSSR count). The number of benzene rings is 1. The van der Waals surface area contributed by atoms with E-state index in [1.165, 1.54) is 24.2 Å². The van der Waals surface area contributed by atoms with E-state index in [0.717, 1.165) is 50.9 Å². The third-order valence-electron chi connectivity index (χ3n) is 5.01. The highest BCUT2D eigenvalue weighted by molar-refractivity contribution is 5.73. The van der Waals surface area contributed by atoms with Crippen LogP contribution in [-0.4, -0.2) is 51.2 Å². The molecule has 0 atom stereocenters. The van der Waals surface area contributed by atoms with E-state index in [2.05, 4.69) is 46.9 Å². The fourth-order valence-electron chi connectivity index (χ4n) is 3.32. The van der Waals surface area contributed by atoms with Crippen LogP contribution in [0.4, 0.5) is 17.1 Å². The van der Waals surface area contributed by atoms with Crippen molar-refractivity contribution < 1.29 is 0 Å². The van der Waals surface area contributed by atoms with E-state index in [1.807, 2.05) is 0 Å². The second kappa shape index (κ2) is 6.14. The SMILES string of the molecule is CC1CCN(c2cc(N3CCN(C)CC3)ccc2N)CC1. The summed E-state index contributed by atoms with van der Waals surface area (Å²) in [4.78, 5) is 7.34. The number of piperazine rings is 1. The van der Waals surface area contributed by atoms with E-state index < -0.39 is 0 Å². The molecule has 4 nitrogen and oxygen atoms in total. The molecule has 0 spiro atoms. The lowest BCUT2D eigenvalue weighted by Gasteiger charge is -2.36. The van der Waals surface area contributed by atoms with Crippen molar-refractivity contribution in [1.29, 1.82) is 0 Å². The molecule has 2 fully saturated rings. The molecule has 116 valence electrons. The van der Waals surface area contributed by atoms with Crippen molar-refractivity contribution in [3.8, 4) is 0 Å². The van der Waals surface area contributed by atoms with Crippen LogP contribution in [0.15, 0.2) is 18.2 Å². The molecule has 21 heavy (non-hydrogen) atoms. The van der Waals surface area contributed by atoms with Crippen LogP contribution in [0.5, 0.6) is 0 Å². The second-order valence-electron chi connectivity index (χ2n) is 6.70. The summed E-state index contributed by atoms with van der Waals surface area (Å²) in [5.74, 6) is 0.850. The van der Waals surface area contributed by atoms with Gasteiger partial charge in [0.2, 0.25) is 0 Å². The first-order chi connectivity index (χ1) is 10.1. The van der Waals surface area contributed by atoms with Crippen molar-refractivity contribution in [3.05, 3.63) is 18.2 Å². The average molecular weight is 288 g/mol. The first kappa shape index (κ1) is 14.5. The van der Waals surface area contributed by atoms with E-state index >= 15 is 0 Å². The number of likely N-dealkylation sites (N-methyl/N-ethyl adjacent to an activating group) is 1. The van der Waals surface area contributed by atoms with Crippen molar-refractivity contribution in [2.45, 2.75) is 19.8 Å². The van der Waals surface area contributed by atoms with E-state index in [9.17, 15) is 0 Å². The Morgan fingerprint density at radius 3 is 2.29 bits per heavy atom. The molecule has 0 aliphatic carbocycles. The number of piperidine rings is 1. The Hall–Kier alpha value is -1.42.